The molecule has 0 spiro atoms. The Labute approximate surface area is 108 Å². The molecular formula is C14H21FN2O. The molecule has 1 heterocycles. The summed E-state index contributed by atoms with van der Waals surface area (Å²) in [7, 11) is 0. The number of nitrogens with one attached hydrogen (secondary N) is 1. The minimum absolute atomic E-state index is 0.230. The minimum Gasteiger partial charge on any atom is -0.492 e. The highest BCUT2D eigenvalue weighted by Crippen LogP contribution is 2.12. The lowest BCUT2D eigenvalue weighted by atomic mass is 10.1. The summed E-state index contributed by atoms with van der Waals surface area (Å²) in [5.74, 6) is 0.499. The lowest BCUT2D eigenvalue weighted by Gasteiger charge is -2.37. The lowest BCUT2D eigenvalue weighted by Crippen LogP contribution is -2.55. The van der Waals surface area contributed by atoms with Gasteiger partial charge < -0.3 is 10.1 Å². The molecule has 1 aromatic rings. The maximum Gasteiger partial charge on any atom is 0.123 e. The van der Waals surface area contributed by atoms with Gasteiger partial charge in [0.05, 0.1) is 0 Å². The molecule has 18 heavy (non-hydrogen) atoms. The number of ether oxygens (including phenoxy) is 1. The first kappa shape index (κ1) is 13.3. The second-order valence-electron chi connectivity index (χ2n) is 4.96. The Hall–Kier alpha value is -1.13. The molecule has 1 aromatic carbocycles. The van der Waals surface area contributed by atoms with Crippen molar-refractivity contribution in [2.45, 2.75) is 25.9 Å². The fourth-order valence-corrected chi connectivity index (χ4v) is 2.22. The van der Waals surface area contributed by atoms with Crippen LogP contribution in [0.25, 0.3) is 0 Å². The smallest absolute Gasteiger partial charge is 0.123 e. The SMILES string of the molecule is CC1CN(CCOc2ccc(F)cc2)C(C)CN1. The zero-order chi connectivity index (χ0) is 13.0. The number of hydrogen-bond donors (Lipinski definition) is 1. The second kappa shape index (κ2) is 6.16. The third kappa shape index (κ3) is 3.68. The molecule has 0 radical (unpaired) electrons. The molecular weight excluding hydrogens is 231 g/mol. The largest absolute Gasteiger partial charge is 0.492 e. The van der Waals surface area contributed by atoms with Crippen molar-refractivity contribution in [2.75, 3.05) is 26.2 Å². The number of piperazine rings is 1. The summed E-state index contributed by atoms with van der Waals surface area (Å²) in [4.78, 5) is 2.42. The first-order valence-electron chi connectivity index (χ1n) is 6.51. The lowest BCUT2D eigenvalue weighted by molar-refractivity contribution is 0.123. The second-order valence-corrected chi connectivity index (χ2v) is 4.96. The highest BCUT2D eigenvalue weighted by atomic mass is 19.1. The van der Waals surface area contributed by atoms with Crippen LogP contribution in [-0.4, -0.2) is 43.2 Å². The summed E-state index contributed by atoms with van der Waals surface area (Å²) in [6, 6.07) is 7.25. The Morgan fingerprint density at radius 2 is 2.06 bits per heavy atom. The van der Waals surface area contributed by atoms with Gasteiger partial charge in [-0.05, 0) is 38.1 Å². The standard InChI is InChI=1S/C14H21FN2O/c1-11-10-17(12(2)9-16-11)7-8-18-14-5-3-13(15)4-6-14/h3-6,11-12,16H,7-10H2,1-2H3. The number of rotatable bonds is 4. The van der Waals surface area contributed by atoms with Crippen molar-refractivity contribution < 1.29 is 9.13 Å². The summed E-state index contributed by atoms with van der Waals surface area (Å²) >= 11 is 0. The maximum absolute atomic E-state index is 12.7. The van der Waals surface area contributed by atoms with E-state index < -0.39 is 0 Å². The van der Waals surface area contributed by atoms with Crippen LogP contribution in [0, 0.1) is 5.82 Å². The van der Waals surface area contributed by atoms with E-state index in [9.17, 15) is 4.39 Å². The molecule has 1 N–H and O–H groups in total. The van der Waals surface area contributed by atoms with E-state index in [0.29, 0.717) is 18.7 Å². The summed E-state index contributed by atoms with van der Waals surface area (Å²) in [6.07, 6.45) is 0. The average Bonchev–Trinajstić information content (AvgIpc) is 2.36. The molecule has 1 aliphatic rings. The monoisotopic (exact) mass is 252 g/mol. The zero-order valence-electron chi connectivity index (χ0n) is 11.0. The summed E-state index contributed by atoms with van der Waals surface area (Å²) in [5.41, 5.74) is 0. The van der Waals surface area contributed by atoms with Gasteiger partial charge in [-0.15, -0.1) is 0 Å². The third-order valence-electron chi connectivity index (χ3n) is 3.35. The van der Waals surface area contributed by atoms with Crippen LogP contribution in [0.5, 0.6) is 5.75 Å². The van der Waals surface area contributed by atoms with E-state index >= 15 is 0 Å². The molecule has 1 saturated heterocycles. The number of nitrogens with zero attached hydrogens (tertiary/aromatic N) is 1. The van der Waals surface area contributed by atoms with Gasteiger partial charge in [-0.25, -0.2) is 4.39 Å². The normalized spacial score (nSPS) is 25.1. The van der Waals surface area contributed by atoms with Gasteiger partial charge in [-0.3, -0.25) is 4.90 Å². The topological polar surface area (TPSA) is 24.5 Å². The van der Waals surface area contributed by atoms with Crippen LogP contribution in [0.1, 0.15) is 13.8 Å². The van der Waals surface area contributed by atoms with Gasteiger partial charge in [0.2, 0.25) is 0 Å². The summed E-state index contributed by atoms with van der Waals surface area (Å²) in [5, 5.41) is 3.45. The fourth-order valence-electron chi connectivity index (χ4n) is 2.22. The molecule has 0 bridgehead atoms. The van der Waals surface area contributed by atoms with E-state index in [1.54, 1.807) is 12.1 Å². The van der Waals surface area contributed by atoms with Crippen molar-refractivity contribution in [3.63, 3.8) is 0 Å². The Morgan fingerprint density at radius 3 is 2.78 bits per heavy atom. The van der Waals surface area contributed by atoms with Crippen molar-refractivity contribution in [1.82, 2.24) is 10.2 Å². The van der Waals surface area contributed by atoms with Crippen molar-refractivity contribution in [1.29, 1.82) is 0 Å². The van der Waals surface area contributed by atoms with Crippen molar-refractivity contribution in [2.24, 2.45) is 0 Å². The molecule has 1 fully saturated rings. The van der Waals surface area contributed by atoms with E-state index in [1.807, 2.05) is 0 Å². The average molecular weight is 252 g/mol. The van der Waals surface area contributed by atoms with Gasteiger partial charge in [0.15, 0.2) is 0 Å². The van der Waals surface area contributed by atoms with E-state index in [2.05, 4.69) is 24.1 Å². The van der Waals surface area contributed by atoms with Crippen LogP contribution in [0.15, 0.2) is 24.3 Å². The van der Waals surface area contributed by atoms with Crippen LogP contribution >= 0.6 is 0 Å². The first-order chi connectivity index (χ1) is 8.65. The van der Waals surface area contributed by atoms with Gasteiger partial charge in [-0.1, -0.05) is 0 Å². The molecule has 3 nitrogen and oxygen atoms in total. The summed E-state index contributed by atoms with van der Waals surface area (Å²) in [6.45, 7) is 8.04. The van der Waals surface area contributed by atoms with Crippen molar-refractivity contribution >= 4 is 0 Å². The van der Waals surface area contributed by atoms with Crippen LogP contribution < -0.4 is 10.1 Å². The number of benzene rings is 1. The van der Waals surface area contributed by atoms with Crippen LogP contribution in [-0.2, 0) is 0 Å². The van der Waals surface area contributed by atoms with Gasteiger partial charge in [0.1, 0.15) is 18.2 Å². The molecule has 2 unspecified atom stereocenters. The fraction of sp³-hybridized carbons (Fsp3) is 0.571. The van der Waals surface area contributed by atoms with Crippen LogP contribution in [0.2, 0.25) is 0 Å². The van der Waals surface area contributed by atoms with E-state index in [0.717, 1.165) is 25.4 Å². The predicted octanol–water partition coefficient (Wildman–Crippen LogP) is 1.89. The Balaban J connectivity index is 1.76. The molecule has 0 saturated carbocycles. The third-order valence-corrected chi connectivity index (χ3v) is 3.35. The molecule has 4 heteroatoms. The van der Waals surface area contributed by atoms with Gasteiger partial charge in [-0.2, -0.15) is 0 Å². The van der Waals surface area contributed by atoms with E-state index in [1.165, 1.54) is 12.1 Å². The zero-order valence-corrected chi connectivity index (χ0v) is 11.0. The first-order valence-corrected chi connectivity index (χ1v) is 6.51. The van der Waals surface area contributed by atoms with Crippen molar-refractivity contribution in [3.05, 3.63) is 30.1 Å². The van der Waals surface area contributed by atoms with Crippen molar-refractivity contribution in [3.8, 4) is 5.75 Å². The molecule has 2 atom stereocenters. The van der Waals surface area contributed by atoms with E-state index in [4.69, 9.17) is 4.74 Å². The number of hydrogen-bond acceptors (Lipinski definition) is 3. The highest BCUT2D eigenvalue weighted by Gasteiger charge is 2.21. The van der Waals surface area contributed by atoms with E-state index in [-0.39, 0.29) is 5.82 Å². The minimum atomic E-state index is -0.230. The molecule has 0 aliphatic carbocycles. The van der Waals surface area contributed by atoms with Gasteiger partial charge in [0.25, 0.3) is 0 Å². The Kier molecular flexibility index (Phi) is 4.55. The highest BCUT2D eigenvalue weighted by molar-refractivity contribution is 5.21. The molecule has 1 aliphatic heterocycles. The quantitative estimate of drug-likeness (QED) is 0.885. The summed E-state index contributed by atoms with van der Waals surface area (Å²) < 4.78 is 18.3. The Bertz CT molecular complexity index is 369. The van der Waals surface area contributed by atoms with Crippen LogP contribution in [0.4, 0.5) is 4.39 Å². The number of halogens is 1. The van der Waals surface area contributed by atoms with Crippen LogP contribution in [0.3, 0.4) is 0 Å². The predicted molar refractivity (Wildman–Crippen MR) is 70.4 cm³/mol. The van der Waals surface area contributed by atoms with Gasteiger partial charge >= 0.3 is 0 Å². The Morgan fingerprint density at radius 1 is 1.33 bits per heavy atom. The molecule has 2 rings (SSSR count). The van der Waals surface area contributed by atoms with Gasteiger partial charge in [0, 0.05) is 31.7 Å². The molecule has 100 valence electrons. The maximum atomic E-state index is 12.7. The molecule has 0 amide bonds. The molecule has 0 aromatic heterocycles.